The lowest BCUT2D eigenvalue weighted by Crippen LogP contribution is -2.24. The van der Waals surface area contributed by atoms with Crippen molar-refractivity contribution in [2.24, 2.45) is 0 Å². The van der Waals surface area contributed by atoms with Crippen LogP contribution in [-0.4, -0.2) is 10.9 Å². The average Bonchev–Trinajstić information content (AvgIpc) is 2.45. The number of halogens is 4. The Bertz CT molecular complexity index is 638. The predicted molar refractivity (Wildman–Crippen MR) is 66.8 cm³/mol. The van der Waals surface area contributed by atoms with Crippen LogP contribution in [0.4, 0.5) is 17.6 Å². The summed E-state index contributed by atoms with van der Waals surface area (Å²) in [7, 11) is 0. The van der Waals surface area contributed by atoms with E-state index in [0.29, 0.717) is 0 Å². The zero-order valence-electron chi connectivity index (χ0n) is 10.6. The number of hydrogen-bond acceptors (Lipinski definition) is 2. The molecule has 0 atom stereocenters. The highest BCUT2D eigenvalue weighted by atomic mass is 19.4. The third-order valence-corrected chi connectivity index (χ3v) is 2.75. The van der Waals surface area contributed by atoms with Crippen molar-refractivity contribution in [2.45, 2.75) is 12.7 Å². The van der Waals surface area contributed by atoms with Gasteiger partial charge in [-0.25, -0.2) is 4.98 Å². The van der Waals surface area contributed by atoms with Crippen LogP contribution in [0.3, 0.4) is 0 Å². The van der Waals surface area contributed by atoms with Gasteiger partial charge in [0.05, 0.1) is 11.1 Å². The van der Waals surface area contributed by atoms with E-state index in [9.17, 15) is 22.4 Å². The number of carbonyl (C=O) groups is 1. The van der Waals surface area contributed by atoms with E-state index in [1.165, 1.54) is 24.3 Å². The Hall–Kier alpha value is -2.44. The van der Waals surface area contributed by atoms with Gasteiger partial charge in [0.1, 0.15) is 0 Å². The second kappa shape index (κ2) is 5.90. The first-order valence-corrected chi connectivity index (χ1v) is 5.93. The summed E-state index contributed by atoms with van der Waals surface area (Å²) in [5, 5.41) is 2.35. The highest BCUT2D eigenvalue weighted by Crippen LogP contribution is 2.31. The van der Waals surface area contributed by atoms with Gasteiger partial charge in [-0.3, -0.25) is 4.79 Å². The molecule has 110 valence electrons. The minimum atomic E-state index is -4.49. The standard InChI is InChI=1S/C14H10F4N2O/c15-12-6-5-10(8-19-12)13(21)20-7-9-3-1-2-4-11(9)14(16,17)18/h1-6,8H,7H2,(H,20,21). The van der Waals surface area contributed by atoms with E-state index in [0.717, 1.165) is 18.3 Å². The Kier molecular flexibility index (Phi) is 4.21. The minimum Gasteiger partial charge on any atom is -0.348 e. The molecule has 0 saturated carbocycles. The van der Waals surface area contributed by atoms with Crippen molar-refractivity contribution >= 4 is 5.91 Å². The smallest absolute Gasteiger partial charge is 0.348 e. The van der Waals surface area contributed by atoms with E-state index in [4.69, 9.17) is 0 Å². The molecule has 0 fully saturated rings. The van der Waals surface area contributed by atoms with Gasteiger partial charge in [-0.15, -0.1) is 0 Å². The van der Waals surface area contributed by atoms with Crippen molar-refractivity contribution in [2.75, 3.05) is 0 Å². The van der Waals surface area contributed by atoms with Gasteiger partial charge >= 0.3 is 6.18 Å². The van der Waals surface area contributed by atoms with E-state index in [-0.39, 0.29) is 17.7 Å². The molecule has 0 spiro atoms. The Morgan fingerprint density at radius 1 is 1.14 bits per heavy atom. The Morgan fingerprint density at radius 2 is 1.86 bits per heavy atom. The molecule has 1 aromatic carbocycles. The van der Waals surface area contributed by atoms with Crippen LogP contribution in [0.25, 0.3) is 0 Å². The third-order valence-electron chi connectivity index (χ3n) is 2.75. The number of aromatic nitrogens is 1. The lowest BCUT2D eigenvalue weighted by Gasteiger charge is -2.13. The molecule has 0 aliphatic carbocycles. The average molecular weight is 298 g/mol. The first-order valence-electron chi connectivity index (χ1n) is 5.93. The molecular weight excluding hydrogens is 288 g/mol. The Labute approximate surface area is 117 Å². The topological polar surface area (TPSA) is 42.0 Å². The highest BCUT2D eigenvalue weighted by molar-refractivity contribution is 5.93. The van der Waals surface area contributed by atoms with Crippen molar-refractivity contribution in [1.82, 2.24) is 10.3 Å². The van der Waals surface area contributed by atoms with Gasteiger partial charge in [0.15, 0.2) is 0 Å². The quantitative estimate of drug-likeness (QED) is 0.698. The third kappa shape index (κ3) is 3.77. The van der Waals surface area contributed by atoms with E-state index >= 15 is 0 Å². The fourth-order valence-electron chi connectivity index (χ4n) is 1.74. The summed E-state index contributed by atoms with van der Waals surface area (Å²) >= 11 is 0. The largest absolute Gasteiger partial charge is 0.416 e. The van der Waals surface area contributed by atoms with Crippen LogP contribution >= 0.6 is 0 Å². The van der Waals surface area contributed by atoms with Crippen molar-refractivity contribution < 1.29 is 22.4 Å². The fourth-order valence-corrected chi connectivity index (χ4v) is 1.74. The first kappa shape index (κ1) is 15.0. The molecule has 1 heterocycles. The summed E-state index contributed by atoms with van der Waals surface area (Å²) in [4.78, 5) is 15.0. The van der Waals surface area contributed by atoms with Crippen LogP contribution in [0.2, 0.25) is 0 Å². The van der Waals surface area contributed by atoms with E-state index in [1.54, 1.807) is 0 Å². The number of nitrogens with zero attached hydrogens (tertiary/aromatic N) is 1. The Morgan fingerprint density at radius 3 is 2.48 bits per heavy atom. The van der Waals surface area contributed by atoms with Crippen molar-refractivity contribution in [3.05, 3.63) is 65.2 Å². The summed E-state index contributed by atoms with van der Waals surface area (Å²) in [5.74, 6) is -1.37. The van der Waals surface area contributed by atoms with Gasteiger partial charge in [-0.2, -0.15) is 17.6 Å². The number of alkyl halides is 3. The van der Waals surface area contributed by atoms with E-state index in [1.807, 2.05) is 0 Å². The normalized spacial score (nSPS) is 11.2. The SMILES string of the molecule is O=C(NCc1ccccc1C(F)(F)F)c1ccc(F)nc1. The molecule has 1 amide bonds. The monoisotopic (exact) mass is 298 g/mol. The van der Waals surface area contributed by atoms with Gasteiger partial charge < -0.3 is 5.32 Å². The molecule has 21 heavy (non-hydrogen) atoms. The van der Waals surface area contributed by atoms with Crippen molar-refractivity contribution in [3.8, 4) is 0 Å². The second-order valence-electron chi connectivity index (χ2n) is 4.21. The maximum absolute atomic E-state index is 12.8. The number of nitrogens with one attached hydrogen (secondary N) is 1. The molecular formula is C14H10F4N2O. The van der Waals surface area contributed by atoms with Crippen LogP contribution in [0.15, 0.2) is 42.6 Å². The van der Waals surface area contributed by atoms with Gasteiger partial charge in [0.25, 0.3) is 5.91 Å². The number of benzene rings is 1. The molecule has 0 aliphatic heterocycles. The molecule has 1 aromatic heterocycles. The van der Waals surface area contributed by atoms with E-state index in [2.05, 4.69) is 10.3 Å². The van der Waals surface area contributed by atoms with Gasteiger partial charge in [-0.05, 0) is 23.8 Å². The van der Waals surface area contributed by atoms with Crippen LogP contribution in [0, 0.1) is 5.95 Å². The summed E-state index contributed by atoms with van der Waals surface area (Å²) in [6, 6.07) is 7.16. The van der Waals surface area contributed by atoms with Crippen LogP contribution in [0.1, 0.15) is 21.5 Å². The molecule has 0 saturated heterocycles. The van der Waals surface area contributed by atoms with Gasteiger partial charge in [0.2, 0.25) is 5.95 Å². The fraction of sp³-hybridized carbons (Fsp3) is 0.143. The van der Waals surface area contributed by atoms with Crippen molar-refractivity contribution in [1.29, 1.82) is 0 Å². The number of carbonyl (C=O) groups excluding carboxylic acids is 1. The molecule has 0 radical (unpaired) electrons. The number of pyridine rings is 1. The lowest BCUT2D eigenvalue weighted by atomic mass is 10.1. The van der Waals surface area contributed by atoms with Crippen molar-refractivity contribution in [3.63, 3.8) is 0 Å². The van der Waals surface area contributed by atoms with Crippen LogP contribution in [0.5, 0.6) is 0 Å². The predicted octanol–water partition coefficient (Wildman–Crippen LogP) is 3.17. The number of hydrogen-bond donors (Lipinski definition) is 1. The van der Waals surface area contributed by atoms with E-state index < -0.39 is 23.6 Å². The van der Waals surface area contributed by atoms with Crippen LogP contribution < -0.4 is 5.32 Å². The van der Waals surface area contributed by atoms with Gasteiger partial charge in [-0.1, -0.05) is 18.2 Å². The Balaban J connectivity index is 2.10. The zero-order valence-corrected chi connectivity index (χ0v) is 10.6. The maximum atomic E-state index is 12.8. The molecule has 2 rings (SSSR count). The summed E-state index contributed by atoms with van der Waals surface area (Å²) in [6.07, 6.45) is -3.47. The molecule has 0 bridgehead atoms. The number of rotatable bonds is 3. The molecule has 3 nitrogen and oxygen atoms in total. The first-order chi connectivity index (χ1) is 9.88. The molecule has 2 aromatic rings. The summed E-state index contributed by atoms with van der Waals surface area (Å²) in [6.45, 7) is -0.286. The molecule has 0 unspecified atom stereocenters. The van der Waals surface area contributed by atoms with Gasteiger partial charge in [0, 0.05) is 12.7 Å². The highest BCUT2D eigenvalue weighted by Gasteiger charge is 2.32. The molecule has 1 N–H and O–H groups in total. The summed E-state index contributed by atoms with van der Waals surface area (Å²) < 4.78 is 50.9. The maximum Gasteiger partial charge on any atom is 0.416 e. The lowest BCUT2D eigenvalue weighted by molar-refractivity contribution is -0.138. The number of amides is 1. The minimum absolute atomic E-state index is 0.0478. The summed E-state index contributed by atoms with van der Waals surface area (Å²) in [5.41, 5.74) is -0.781. The van der Waals surface area contributed by atoms with Crippen LogP contribution in [-0.2, 0) is 12.7 Å². The second-order valence-corrected chi connectivity index (χ2v) is 4.21. The molecule has 0 aliphatic rings. The zero-order chi connectivity index (χ0) is 15.5. The molecule has 7 heteroatoms.